The van der Waals surface area contributed by atoms with E-state index in [2.05, 4.69) is 10.3 Å². The predicted molar refractivity (Wildman–Crippen MR) is 77.5 cm³/mol. The van der Waals surface area contributed by atoms with E-state index in [0.717, 1.165) is 6.39 Å². The Morgan fingerprint density at radius 3 is 2.74 bits per heavy atom. The summed E-state index contributed by atoms with van der Waals surface area (Å²) in [4.78, 5) is 26.9. The van der Waals surface area contributed by atoms with Crippen LogP contribution in [0.5, 0.6) is 11.5 Å². The molecule has 1 atom stereocenters. The first-order valence-electron chi connectivity index (χ1n) is 6.93. The number of carbonyl (C=O) groups is 2. The lowest BCUT2D eigenvalue weighted by Crippen LogP contribution is -2.38. The van der Waals surface area contributed by atoms with Crippen molar-refractivity contribution in [2.24, 2.45) is 0 Å². The summed E-state index contributed by atoms with van der Waals surface area (Å²) in [6.07, 6.45) is 1.13. The van der Waals surface area contributed by atoms with Crippen molar-refractivity contribution in [1.82, 2.24) is 10.3 Å². The molecule has 1 aliphatic heterocycles. The first-order chi connectivity index (χ1) is 11.1. The van der Waals surface area contributed by atoms with E-state index >= 15 is 0 Å². The number of hydrogen-bond acceptors (Lipinski definition) is 6. The fourth-order valence-electron chi connectivity index (χ4n) is 2.12. The number of benzene rings is 1. The van der Waals surface area contributed by atoms with Crippen molar-refractivity contribution in [2.45, 2.75) is 13.0 Å². The zero-order chi connectivity index (χ0) is 16.4. The molecule has 0 saturated heterocycles. The van der Waals surface area contributed by atoms with Crippen molar-refractivity contribution < 1.29 is 28.6 Å². The van der Waals surface area contributed by atoms with Crippen LogP contribution in [0.1, 0.15) is 17.4 Å². The average molecular weight is 318 g/mol. The van der Waals surface area contributed by atoms with Crippen molar-refractivity contribution >= 4 is 11.9 Å². The lowest BCUT2D eigenvalue weighted by Gasteiger charge is -2.18. The second-order valence-electron chi connectivity index (χ2n) is 4.92. The van der Waals surface area contributed by atoms with Gasteiger partial charge < -0.3 is 24.3 Å². The quantitative estimate of drug-likeness (QED) is 0.874. The van der Waals surface area contributed by atoms with Crippen molar-refractivity contribution in [1.29, 1.82) is 0 Å². The predicted octanol–water partition coefficient (Wildman–Crippen LogP) is 1.32. The molecule has 1 amide bonds. The highest BCUT2D eigenvalue weighted by molar-refractivity contribution is 5.99. The summed E-state index contributed by atoms with van der Waals surface area (Å²) in [6, 6.07) is 4.08. The molecule has 2 N–H and O–H groups in total. The van der Waals surface area contributed by atoms with E-state index in [1.807, 2.05) is 0 Å². The zero-order valence-electron chi connectivity index (χ0n) is 12.2. The number of aromatic nitrogens is 1. The summed E-state index contributed by atoms with van der Waals surface area (Å²) in [6.45, 7) is 2.29. The van der Waals surface area contributed by atoms with E-state index in [9.17, 15) is 9.59 Å². The van der Waals surface area contributed by atoms with Crippen LogP contribution in [0.4, 0.5) is 0 Å². The van der Waals surface area contributed by atoms with Crippen LogP contribution in [0.15, 0.2) is 29.0 Å². The van der Waals surface area contributed by atoms with Crippen molar-refractivity contribution in [3.8, 4) is 22.8 Å². The summed E-state index contributed by atoms with van der Waals surface area (Å²) in [5.74, 6) is -0.362. The molecule has 0 aliphatic carbocycles. The van der Waals surface area contributed by atoms with Crippen molar-refractivity contribution in [3.63, 3.8) is 0 Å². The van der Waals surface area contributed by atoms with Crippen LogP contribution in [-0.2, 0) is 4.79 Å². The topological polar surface area (TPSA) is 111 Å². The lowest BCUT2D eigenvalue weighted by atomic mass is 10.1. The minimum atomic E-state index is -1.14. The number of oxazole rings is 1. The Hall–Kier alpha value is -3.03. The third-order valence-corrected chi connectivity index (χ3v) is 3.30. The Bertz CT molecular complexity index is 754. The van der Waals surface area contributed by atoms with E-state index in [0.29, 0.717) is 30.3 Å². The maximum atomic E-state index is 12.2. The number of hydrogen-bond donors (Lipinski definition) is 2. The number of aliphatic carboxylic acids is 1. The Balaban J connectivity index is 1.89. The van der Waals surface area contributed by atoms with Crippen LogP contribution in [0.25, 0.3) is 11.3 Å². The molecule has 0 saturated carbocycles. The van der Waals surface area contributed by atoms with Gasteiger partial charge in [0, 0.05) is 5.56 Å². The highest BCUT2D eigenvalue weighted by Gasteiger charge is 2.23. The molecule has 8 heteroatoms. The Kier molecular flexibility index (Phi) is 3.88. The number of amides is 1. The summed E-state index contributed by atoms with van der Waals surface area (Å²) < 4.78 is 16.2. The van der Waals surface area contributed by atoms with Crippen LogP contribution < -0.4 is 14.8 Å². The van der Waals surface area contributed by atoms with E-state index < -0.39 is 17.9 Å². The number of ether oxygens (including phenoxy) is 2. The van der Waals surface area contributed by atoms with Crippen LogP contribution >= 0.6 is 0 Å². The normalized spacial score (nSPS) is 14.1. The van der Waals surface area contributed by atoms with Gasteiger partial charge in [0.1, 0.15) is 19.3 Å². The number of rotatable bonds is 4. The molecule has 2 heterocycles. The number of carboxylic acids is 1. The van der Waals surface area contributed by atoms with Gasteiger partial charge in [-0.05, 0) is 25.1 Å². The number of nitrogens with one attached hydrogen (secondary N) is 1. The van der Waals surface area contributed by atoms with Crippen molar-refractivity contribution in [2.75, 3.05) is 13.2 Å². The van der Waals surface area contributed by atoms with Gasteiger partial charge in [-0.25, -0.2) is 4.98 Å². The lowest BCUT2D eigenvalue weighted by molar-refractivity contribution is -0.138. The fraction of sp³-hybridized carbons (Fsp3) is 0.267. The Morgan fingerprint density at radius 2 is 2.00 bits per heavy atom. The number of fused-ring (bicyclic) bond motifs is 1. The molecule has 1 aromatic heterocycles. The van der Waals surface area contributed by atoms with Crippen molar-refractivity contribution in [3.05, 3.63) is 30.3 Å². The molecule has 120 valence electrons. The largest absolute Gasteiger partial charge is 0.486 e. The van der Waals surface area contributed by atoms with E-state index in [1.165, 1.54) is 6.92 Å². The van der Waals surface area contributed by atoms with E-state index in [4.69, 9.17) is 19.0 Å². The standard InChI is InChI=1S/C15H14N2O6/c1-8(15(19)20)17-14(18)12-13(23-7-16-12)9-2-3-10-11(6-9)22-5-4-21-10/h2-3,6-8H,4-5H2,1H3,(H,17,18)(H,19,20)/t8-/m1/s1. The van der Waals surface area contributed by atoms with Crippen LogP contribution in [-0.4, -0.2) is 41.2 Å². The molecule has 3 rings (SSSR count). The van der Waals surface area contributed by atoms with Crippen LogP contribution in [0, 0.1) is 0 Å². The average Bonchev–Trinajstić information content (AvgIpc) is 3.04. The SMILES string of the molecule is C[C@@H](NC(=O)c1ncoc1-c1ccc2c(c1)OCCO2)C(=O)O. The third kappa shape index (κ3) is 2.96. The van der Waals surface area contributed by atoms with Crippen LogP contribution in [0.3, 0.4) is 0 Å². The highest BCUT2D eigenvalue weighted by atomic mass is 16.6. The molecule has 8 nitrogen and oxygen atoms in total. The van der Waals surface area contributed by atoms with E-state index in [1.54, 1.807) is 18.2 Å². The molecule has 23 heavy (non-hydrogen) atoms. The van der Waals surface area contributed by atoms with Gasteiger partial charge in [-0.2, -0.15) is 0 Å². The summed E-state index contributed by atoms with van der Waals surface area (Å²) in [7, 11) is 0. The minimum Gasteiger partial charge on any atom is -0.486 e. The van der Waals surface area contributed by atoms with Crippen LogP contribution in [0.2, 0.25) is 0 Å². The zero-order valence-corrected chi connectivity index (χ0v) is 12.2. The van der Waals surface area contributed by atoms with E-state index in [-0.39, 0.29) is 11.5 Å². The first-order valence-corrected chi connectivity index (χ1v) is 6.93. The number of nitrogens with zero attached hydrogens (tertiary/aromatic N) is 1. The maximum absolute atomic E-state index is 12.2. The molecule has 0 fully saturated rings. The monoisotopic (exact) mass is 318 g/mol. The first kappa shape index (κ1) is 14.9. The van der Waals surface area contributed by atoms with Gasteiger partial charge in [0.25, 0.3) is 5.91 Å². The summed E-state index contributed by atoms with van der Waals surface area (Å²) >= 11 is 0. The number of carboxylic acid groups (broad SMARTS) is 1. The Labute approximate surface area is 131 Å². The third-order valence-electron chi connectivity index (χ3n) is 3.30. The van der Waals surface area contributed by atoms with Gasteiger partial charge in [-0.1, -0.05) is 0 Å². The smallest absolute Gasteiger partial charge is 0.325 e. The molecule has 1 aromatic carbocycles. The van der Waals surface area contributed by atoms with Gasteiger partial charge in [0.15, 0.2) is 29.3 Å². The Morgan fingerprint density at radius 1 is 1.26 bits per heavy atom. The second-order valence-corrected chi connectivity index (χ2v) is 4.92. The van der Waals surface area contributed by atoms with Gasteiger partial charge in [0.05, 0.1) is 0 Å². The summed E-state index contributed by atoms with van der Waals surface area (Å²) in [5.41, 5.74) is 0.592. The minimum absolute atomic E-state index is 0.00905. The summed E-state index contributed by atoms with van der Waals surface area (Å²) in [5, 5.41) is 11.2. The molecule has 0 unspecified atom stereocenters. The van der Waals surface area contributed by atoms with Gasteiger partial charge in [0.2, 0.25) is 0 Å². The molecule has 0 spiro atoms. The fourth-order valence-corrected chi connectivity index (χ4v) is 2.12. The second kappa shape index (κ2) is 5.99. The molecule has 2 aromatic rings. The van der Waals surface area contributed by atoms with Gasteiger partial charge in [-0.15, -0.1) is 0 Å². The number of carbonyl (C=O) groups excluding carboxylic acids is 1. The molecular weight excluding hydrogens is 304 g/mol. The van der Waals surface area contributed by atoms with Gasteiger partial charge >= 0.3 is 5.97 Å². The molecule has 0 bridgehead atoms. The molecular formula is C15H14N2O6. The molecule has 0 radical (unpaired) electrons. The van der Waals surface area contributed by atoms with Gasteiger partial charge in [-0.3, -0.25) is 9.59 Å². The highest BCUT2D eigenvalue weighted by Crippen LogP contribution is 2.35. The molecule has 1 aliphatic rings. The maximum Gasteiger partial charge on any atom is 0.325 e.